The molecule has 0 spiro atoms. The maximum Gasteiger partial charge on any atom is 0.339 e. The van der Waals surface area contributed by atoms with Gasteiger partial charge >= 0.3 is 8.56 Å². The highest BCUT2D eigenvalue weighted by Gasteiger charge is 2.48. The molecule has 0 rings (SSSR count). The van der Waals surface area contributed by atoms with Gasteiger partial charge < -0.3 is 8.85 Å². The number of hydrogen-bond acceptors (Lipinski definition) is 2. The van der Waals surface area contributed by atoms with Crippen LogP contribution in [0, 0.1) is 10.8 Å². The van der Waals surface area contributed by atoms with Gasteiger partial charge in [-0.1, -0.05) is 67.2 Å². The van der Waals surface area contributed by atoms with E-state index < -0.39 is 8.56 Å². The third-order valence-corrected chi connectivity index (χ3v) is 10.3. The lowest BCUT2D eigenvalue weighted by Gasteiger charge is -2.44. The maximum atomic E-state index is 6.66. The molecule has 0 atom stereocenters. The molecule has 0 aromatic heterocycles. The van der Waals surface area contributed by atoms with E-state index in [9.17, 15) is 0 Å². The highest BCUT2D eigenvalue weighted by Crippen LogP contribution is 2.45. The molecule has 0 fully saturated rings. The molecule has 3 heteroatoms. The summed E-state index contributed by atoms with van der Waals surface area (Å²) in [6.45, 7) is 22.7. The average molecular weight is 345 g/mol. The van der Waals surface area contributed by atoms with Crippen LogP contribution < -0.4 is 0 Å². The first-order valence-electron chi connectivity index (χ1n) is 9.85. The molecule has 0 aromatic rings. The van der Waals surface area contributed by atoms with Crippen LogP contribution in [-0.2, 0) is 8.85 Å². The van der Waals surface area contributed by atoms with Gasteiger partial charge in [-0.05, 0) is 50.6 Å². The van der Waals surface area contributed by atoms with E-state index in [1.165, 1.54) is 25.7 Å². The summed E-state index contributed by atoms with van der Waals surface area (Å²) in [6.07, 6.45) is 5.23. The minimum Gasteiger partial charge on any atom is -0.392 e. The van der Waals surface area contributed by atoms with Crippen LogP contribution in [0.5, 0.6) is 0 Å². The average Bonchev–Trinajstić information content (AvgIpc) is 2.45. The maximum absolute atomic E-state index is 6.66. The first kappa shape index (κ1) is 23.1. The highest BCUT2D eigenvalue weighted by molar-refractivity contribution is 6.67. The second-order valence-electron chi connectivity index (χ2n) is 8.63. The van der Waals surface area contributed by atoms with Crippen LogP contribution in [0.4, 0.5) is 0 Å². The first-order chi connectivity index (χ1) is 10.5. The molecule has 0 heterocycles. The van der Waals surface area contributed by atoms with Gasteiger partial charge in [0.05, 0.1) is 0 Å². The van der Waals surface area contributed by atoms with Crippen LogP contribution >= 0.6 is 0 Å². The summed E-state index contributed by atoms with van der Waals surface area (Å²) in [4.78, 5) is 0. The summed E-state index contributed by atoms with van der Waals surface area (Å²) >= 11 is 0. The van der Waals surface area contributed by atoms with Crippen molar-refractivity contribution in [2.75, 3.05) is 0 Å². The molecule has 2 nitrogen and oxygen atoms in total. The Bertz CT molecular complexity index is 286. The van der Waals surface area contributed by atoms with Gasteiger partial charge in [0.1, 0.15) is 0 Å². The molecule has 0 N–H and O–H groups in total. The fourth-order valence-corrected chi connectivity index (χ4v) is 9.25. The topological polar surface area (TPSA) is 18.5 Å². The van der Waals surface area contributed by atoms with Gasteiger partial charge in [0.2, 0.25) is 0 Å². The van der Waals surface area contributed by atoms with Gasteiger partial charge in [-0.15, -0.1) is 0 Å². The van der Waals surface area contributed by atoms with Crippen molar-refractivity contribution in [3.63, 3.8) is 0 Å². The monoisotopic (exact) mass is 344 g/mol. The summed E-state index contributed by atoms with van der Waals surface area (Å²) in [7, 11) is -2.28. The molecule has 0 saturated carbocycles. The van der Waals surface area contributed by atoms with Crippen LogP contribution in [0.2, 0.25) is 12.1 Å². The molecule has 23 heavy (non-hydrogen) atoms. The number of rotatable bonds is 12. The van der Waals surface area contributed by atoms with Gasteiger partial charge in [0, 0.05) is 12.2 Å². The molecule has 0 saturated heterocycles. The molecule has 0 unspecified atom stereocenters. The van der Waals surface area contributed by atoms with E-state index in [-0.39, 0.29) is 12.2 Å². The van der Waals surface area contributed by atoms with E-state index in [1.807, 2.05) is 0 Å². The first-order valence-corrected chi connectivity index (χ1v) is 12.1. The fourth-order valence-electron chi connectivity index (χ4n) is 3.42. The summed E-state index contributed by atoms with van der Waals surface area (Å²) in [5, 5.41) is 0. The lowest BCUT2D eigenvalue weighted by molar-refractivity contribution is 0.0827. The molecular weight excluding hydrogens is 300 g/mol. The Kier molecular flexibility index (Phi) is 9.63. The zero-order valence-corrected chi connectivity index (χ0v) is 18.7. The third kappa shape index (κ3) is 7.70. The van der Waals surface area contributed by atoms with Crippen molar-refractivity contribution in [2.45, 2.75) is 119 Å². The van der Waals surface area contributed by atoms with Crippen LogP contribution in [-0.4, -0.2) is 20.8 Å². The van der Waals surface area contributed by atoms with Crippen molar-refractivity contribution in [1.82, 2.24) is 0 Å². The van der Waals surface area contributed by atoms with Crippen molar-refractivity contribution in [3.8, 4) is 0 Å². The Labute approximate surface area is 148 Å². The minimum atomic E-state index is -2.28. The lowest BCUT2D eigenvalue weighted by Crippen LogP contribution is -2.52. The van der Waals surface area contributed by atoms with Crippen LogP contribution in [0.1, 0.15) is 94.9 Å². The molecule has 0 aromatic carbocycles. The van der Waals surface area contributed by atoms with E-state index in [0.29, 0.717) is 10.8 Å². The highest BCUT2D eigenvalue weighted by atomic mass is 28.4. The Balaban J connectivity index is 5.75. The Morgan fingerprint density at radius 2 is 0.913 bits per heavy atom. The van der Waals surface area contributed by atoms with Crippen molar-refractivity contribution >= 4 is 8.56 Å². The van der Waals surface area contributed by atoms with Crippen molar-refractivity contribution in [1.29, 1.82) is 0 Å². The van der Waals surface area contributed by atoms with E-state index in [1.54, 1.807) is 0 Å². The SMILES string of the molecule is CCC(C)(CC)C[Si](CC(C)(CC)CC)(OC(C)C)OC(C)C. The predicted octanol–water partition coefficient (Wildman–Crippen LogP) is 6.93. The normalized spacial score (nSPS) is 14.1. The largest absolute Gasteiger partial charge is 0.392 e. The third-order valence-electron chi connectivity index (χ3n) is 5.71. The Morgan fingerprint density at radius 3 is 1.09 bits per heavy atom. The van der Waals surface area contributed by atoms with Crippen molar-refractivity contribution in [3.05, 3.63) is 0 Å². The predicted molar refractivity (Wildman–Crippen MR) is 105 cm³/mol. The standard InChI is InChI=1S/C20H44O2Si/c1-11-19(9,12-2)15-23(21-17(5)6,22-18(7)8)16-20(10,13-3)14-4/h17-18H,11-16H2,1-10H3. The summed E-state index contributed by atoms with van der Waals surface area (Å²) < 4.78 is 13.3. The molecule has 140 valence electrons. The van der Waals surface area contributed by atoms with E-state index in [2.05, 4.69) is 69.2 Å². The quantitative estimate of drug-likeness (QED) is 0.357. The summed E-state index contributed by atoms with van der Waals surface area (Å²) in [5.41, 5.74) is 0.636. The Hall–Kier alpha value is 0.137. The van der Waals surface area contributed by atoms with Crippen LogP contribution in [0.25, 0.3) is 0 Å². The van der Waals surface area contributed by atoms with Gasteiger partial charge in [0.15, 0.2) is 0 Å². The molecule has 0 aliphatic rings. The van der Waals surface area contributed by atoms with Crippen molar-refractivity contribution < 1.29 is 8.85 Å². The van der Waals surface area contributed by atoms with E-state index in [0.717, 1.165) is 12.1 Å². The molecule has 0 radical (unpaired) electrons. The molecular formula is C20H44O2Si. The molecule has 0 aliphatic carbocycles. The van der Waals surface area contributed by atoms with E-state index >= 15 is 0 Å². The zero-order valence-electron chi connectivity index (χ0n) is 17.7. The van der Waals surface area contributed by atoms with Crippen molar-refractivity contribution in [2.24, 2.45) is 10.8 Å². The fraction of sp³-hybridized carbons (Fsp3) is 1.00. The van der Waals surface area contributed by atoms with Gasteiger partial charge in [0.25, 0.3) is 0 Å². The van der Waals surface area contributed by atoms with Crippen LogP contribution in [0.15, 0.2) is 0 Å². The van der Waals surface area contributed by atoms with Gasteiger partial charge in [-0.25, -0.2) is 0 Å². The Morgan fingerprint density at radius 1 is 0.652 bits per heavy atom. The van der Waals surface area contributed by atoms with Crippen LogP contribution in [0.3, 0.4) is 0 Å². The smallest absolute Gasteiger partial charge is 0.339 e. The molecule has 0 bridgehead atoms. The second-order valence-corrected chi connectivity index (χ2v) is 11.6. The molecule has 0 aliphatic heterocycles. The van der Waals surface area contributed by atoms with E-state index in [4.69, 9.17) is 8.85 Å². The zero-order chi connectivity index (χ0) is 18.3. The lowest BCUT2D eigenvalue weighted by atomic mass is 9.87. The number of hydrogen-bond donors (Lipinski definition) is 0. The summed E-state index contributed by atoms with van der Waals surface area (Å²) in [6, 6.07) is 2.22. The molecule has 0 amide bonds. The second kappa shape index (κ2) is 9.58. The van der Waals surface area contributed by atoms with Gasteiger partial charge in [-0.3, -0.25) is 0 Å². The summed E-state index contributed by atoms with van der Waals surface area (Å²) in [5.74, 6) is 0. The minimum absolute atomic E-state index is 0.233. The van der Waals surface area contributed by atoms with Gasteiger partial charge in [-0.2, -0.15) is 0 Å².